The third kappa shape index (κ3) is 2.56. The quantitative estimate of drug-likeness (QED) is 0.694. The van der Waals surface area contributed by atoms with Gasteiger partial charge in [0.15, 0.2) is 0 Å². The lowest BCUT2D eigenvalue weighted by Gasteiger charge is -2.19. The van der Waals surface area contributed by atoms with E-state index in [2.05, 4.69) is 4.98 Å². The molecule has 1 aromatic heterocycles. The lowest BCUT2D eigenvalue weighted by molar-refractivity contribution is -0.141. The molecule has 2 amide bonds. The van der Waals surface area contributed by atoms with Crippen LogP contribution in [0.3, 0.4) is 0 Å². The molecule has 1 atom stereocenters. The number of carbonyl (C=O) groups is 3. The van der Waals surface area contributed by atoms with Crippen LogP contribution in [0, 0.1) is 5.92 Å². The van der Waals surface area contributed by atoms with Crippen LogP contribution >= 0.6 is 0 Å². The number of hydrogen-bond acceptors (Lipinski definition) is 3. The molecule has 1 aliphatic heterocycles. The SMILES string of the molecule is O=C(O)[C@@H](Cc1c[nH]c2ccccc12)CN1C(=O)c2ccccc2C1=O. The highest BCUT2D eigenvalue weighted by Crippen LogP contribution is 2.26. The highest BCUT2D eigenvalue weighted by atomic mass is 16.4. The second kappa shape index (κ2) is 6.15. The van der Waals surface area contributed by atoms with Gasteiger partial charge in [0.1, 0.15) is 0 Å². The lowest BCUT2D eigenvalue weighted by Crippen LogP contribution is -2.38. The summed E-state index contributed by atoms with van der Waals surface area (Å²) in [5.41, 5.74) is 2.43. The Balaban J connectivity index is 1.60. The second-order valence-electron chi connectivity index (χ2n) is 6.37. The van der Waals surface area contributed by atoms with Gasteiger partial charge in [-0.1, -0.05) is 30.3 Å². The van der Waals surface area contributed by atoms with Gasteiger partial charge in [0, 0.05) is 23.6 Å². The average Bonchev–Trinajstić information content (AvgIpc) is 3.16. The molecule has 0 saturated carbocycles. The van der Waals surface area contributed by atoms with Crippen LogP contribution in [0.1, 0.15) is 26.3 Å². The summed E-state index contributed by atoms with van der Waals surface area (Å²) in [5.74, 6) is -2.78. The highest BCUT2D eigenvalue weighted by Gasteiger charge is 2.37. The normalized spacial score (nSPS) is 14.7. The Kier molecular flexibility index (Phi) is 3.80. The molecule has 2 aromatic carbocycles. The molecule has 0 spiro atoms. The van der Waals surface area contributed by atoms with Crippen LogP contribution in [-0.4, -0.2) is 39.3 Å². The summed E-state index contributed by atoms with van der Waals surface area (Å²) < 4.78 is 0. The van der Waals surface area contributed by atoms with Crippen molar-refractivity contribution in [1.29, 1.82) is 0 Å². The van der Waals surface area contributed by atoms with E-state index >= 15 is 0 Å². The Morgan fingerprint density at radius 1 is 1.00 bits per heavy atom. The first kappa shape index (κ1) is 16.1. The number of nitrogens with zero attached hydrogens (tertiary/aromatic N) is 1. The van der Waals surface area contributed by atoms with Crippen molar-refractivity contribution in [2.24, 2.45) is 5.92 Å². The molecule has 0 aliphatic carbocycles. The summed E-state index contributed by atoms with van der Waals surface area (Å²) in [7, 11) is 0. The molecule has 2 N–H and O–H groups in total. The van der Waals surface area contributed by atoms with Crippen molar-refractivity contribution in [3.8, 4) is 0 Å². The number of para-hydroxylation sites is 1. The molecule has 6 heteroatoms. The number of imide groups is 1. The van der Waals surface area contributed by atoms with Gasteiger partial charge >= 0.3 is 5.97 Å². The van der Waals surface area contributed by atoms with Crippen molar-refractivity contribution >= 4 is 28.7 Å². The van der Waals surface area contributed by atoms with Crippen LogP contribution in [0.15, 0.2) is 54.7 Å². The number of amides is 2. The monoisotopic (exact) mass is 348 g/mol. The number of carboxylic acid groups (broad SMARTS) is 1. The van der Waals surface area contributed by atoms with Gasteiger partial charge in [0.05, 0.1) is 17.0 Å². The van der Waals surface area contributed by atoms with Gasteiger partial charge in [0.25, 0.3) is 11.8 Å². The Morgan fingerprint density at radius 3 is 2.27 bits per heavy atom. The molecular weight excluding hydrogens is 332 g/mol. The minimum Gasteiger partial charge on any atom is -0.481 e. The summed E-state index contributed by atoms with van der Waals surface area (Å²) in [4.78, 5) is 40.9. The minimum absolute atomic E-state index is 0.152. The number of nitrogens with one attached hydrogen (secondary N) is 1. The van der Waals surface area contributed by atoms with Crippen molar-refractivity contribution in [3.63, 3.8) is 0 Å². The van der Waals surface area contributed by atoms with E-state index in [4.69, 9.17) is 0 Å². The number of fused-ring (bicyclic) bond motifs is 2. The molecule has 1 aliphatic rings. The van der Waals surface area contributed by atoms with E-state index < -0.39 is 23.7 Å². The van der Waals surface area contributed by atoms with Crippen LogP contribution in [-0.2, 0) is 11.2 Å². The molecule has 2 heterocycles. The Morgan fingerprint density at radius 2 is 1.62 bits per heavy atom. The lowest BCUT2D eigenvalue weighted by atomic mass is 9.98. The molecule has 0 fully saturated rings. The number of benzene rings is 2. The molecule has 0 radical (unpaired) electrons. The number of aromatic amines is 1. The predicted molar refractivity (Wildman–Crippen MR) is 94.9 cm³/mol. The van der Waals surface area contributed by atoms with E-state index in [0.29, 0.717) is 11.1 Å². The topological polar surface area (TPSA) is 90.5 Å². The van der Waals surface area contributed by atoms with Gasteiger partial charge in [-0.15, -0.1) is 0 Å². The van der Waals surface area contributed by atoms with Gasteiger partial charge in [-0.2, -0.15) is 0 Å². The molecular formula is C20H16N2O4. The van der Waals surface area contributed by atoms with Crippen LogP contribution < -0.4 is 0 Å². The van der Waals surface area contributed by atoms with E-state index in [9.17, 15) is 19.5 Å². The maximum Gasteiger partial charge on any atom is 0.308 e. The van der Waals surface area contributed by atoms with E-state index in [0.717, 1.165) is 21.4 Å². The molecule has 4 rings (SSSR count). The minimum atomic E-state index is -1.04. The predicted octanol–water partition coefficient (Wildman–Crippen LogP) is 2.71. The molecule has 0 unspecified atom stereocenters. The van der Waals surface area contributed by atoms with Crippen molar-refractivity contribution in [3.05, 3.63) is 71.4 Å². The average molecular weight is 348 g/mol. The first-order valence-electron chi connectivity index (χ1n) is 8.29. The highest BCUT2D eigenvalue weighted by molar-refractivity contribution is 6.21. The Bertz CT molecular complexity index is 1000. The first-order valence-corrected chi connectivity index (χ1v) is 8.29. The zero-order valence-electron chi connectivity index (χ0n) is 13.8. The smallest absolute Gasteiger partial charge is 0.308 e. The number of hydrogen-bond donors (Lipinski definition) is 2. The Hall–Kier alpha value is -3.41. The molecule has 6 nitrogen and oxygen atoms in total. The van der Waals surface area contributed by atoms with E-state index in [1.54, 1.807) is 30.5 Å². The molecule has 0 saturated heterocycles. The van der Waals surface area contributed by atoms with Gasteiger partial charge in [-0.05, 0) is 30.2 Å². The fourth-order valence-electron chi connectivity index (χ4n) is 3.42. The fraction of sp³-hybridized carbons (Fsp3) is 0.150. The fourth-order valence-corrected chi connectivity index (χ4v) is 3.42. The van der Waals surface area contributed by atoms with E-state index in [1.807, 2.05) is 24.3 Å². The zero-order chi connectivity index (χ0) is 18.3. The third-order valence-electron chi connectivity index (χ3n) is 4.77. The number of H-pyrrole nitrogens is 1. The van der Waals surface area contributed by atoms with Crippen molar-refractivity contribution in [2.75, 3.05) is 6.54 Å². The van der Waals surface area contributed by atoms with E-state index in [1.165, 1.54) is 0 Å². The van der Waals surface area contributed by atoms with Crippen molar-refractivity contribution < 1.29 is 19.5 Å². The second-order valence-corrected chi connectivity index (χ2v) is 6.37. The molecule has 26 heavy (non-hydrogen) atoms. The summed E-state index contributed by atoms with van der Waals surface area (Å²) in [6.07, 6.45) is 2.01. The summed E-state index contributed by atoms with van der Waals surface area (Å²) in [6.45, 7) is -0.152. The number of aromatic nitrogens is 1. The maximum absolute atomic E-state index is 12.5. The van der Waals surface area contributed by atoms with Crippen molar-refractivity contribution in [1.82, 2.24) is 9.88 Å². The maximum atomic E-state index is 12.5. The van der Waals surface area contributed by atoms with Gasteiger partial charge in [-0.25, -0.2) is 0 Å². The molecule has 3 aromatic rings. The number of carbonyl (C=O) groups excluding carboxylic acids is 2. The summed E-state index contributed by atoms with van der Waals surface area (Å²) >= 11 is 0. The zero-order valence-corrected chi connectivity index (χ0v) is 13.8. The number of aliphatic carboxylic acids is 1. The van der Waals surface area contributed by atoms with Crippen LogP contribution in [0.5, 0.6) is 0 Å². The largest absolute Gasteiger partial charge is 0.481 e. The first-order chi connectivity index (χ1) is 12.6. The van der Waals surface area contributed by atoms with Gasteiger partial charge in [0.2, 0.25) is 0 Å². The summed E-state index contributed by atoms with van der Waals surface area (Å²) in [6, 6.07) is 14.2. The van der Waals surface area contributed by atoms with Crippen LogP contribution in [0.25, 0.3) is 10.9 Å². The van der Waals surface area contributed by atoms with Crippen LogP contribution in [0.4, 0.5) is 0 Å². The number of carboxylic acids is 1. The van der Waals surface area contributed by atoms with Gasteiger partial charge in [-0.3, -0.25) is 19.3 Å². The molecule has 0 bridgehead atoms. The van der Waals surface area contributed by atoms with Crippen molar-refractivity contribution in [2.45, 2.75) is 6.42 Å². The standard InChI is InChI=1S/C20H16N2O4/c23-18-15-6-1-2-7-16(15)19(24)22(18)11-13(20(25)26)9-12-10-21-17-8-4-3-5-14(12)17/h1-8,10,13,21H,9,11H2,(H,25,26)/t13-/m0/s1. The van der Waals surface area contributed by atoms with E-state index in [-0.39, 0.29) is 13.0 Å². The summed E-state index contributed by atoms with van der Waals surface area (Å²) in [5, 5.41) is 10.6. The van der Waals surface area contributed by atoms with Crippen LogP contribution in [0.2, 0.25) is 0 Å². The third-order valence-corrected chi connectivity index (χ3v) is 4.77. The molecule has 130 valence electrons. The number of rotatable bonds is 5. The Labute approximate surface area is 149 Å². The van der Waals surface area contributed by atoms with Gasteiger partial charge < -0.3 is 10.1 Å².